The minimum atomic E-state index is -0.919. The second-order valence-electron chi connectivity index (χ2n) is 5.58. The third kappa shape index (κ3) is 4.53. The molecule has 110 valence electrons. The molecule has 1 aliphatic rings. The monoisotopic (exact) mass is 277 g/mol. The van der Waals surface area contributed by atoms with Gasteiger partial charge < -0.3 is 14.7 Å². The van der Waals surface area contributed by atoms with Crippen molar-refractivity contribution in [3.05, 3.63) is 29.8 Å². The summed E-state index contributed by atoms with van der Waals surface area (Å²) in [6, 6.07) is 6.66. The lowest BCUT2D eigenvalue weighted by atomic mass is 10.0. The first-order valence-electron chi connectivity index (χ1n) is 7.33. The van der Waals surface area contributed by atoms with Crippen LogP contribution in [0.4, 0.5) is 0 Å². The van der Waals surface area contributed by atoms with Gasteiger partial charge in [0.15, 0.2) is 0 Å². The zero-order chi connectivity index (χ0) is 14.4. The molecule has 0 saturated carbocycles. The van der Waals surface area contributed by atoms with Gasteiger partial charge in [0, 0.05) is 13.1 Å². The number of likely N-dealkylation sites (tertiary alicyclic amines) is 1. The van der Waals surface area contributed by atoms with E-state index >= 15 is 0 Å². The first kappa shape index (κ1) is 14.9. The van der Waals surface area contributed by atoms with Crippen LogP contribution in [-0.2, 0) is 0 Å². The van der Waals surface area contributed by atoms with Crippen molar-refractivity contribution in [2.24, 2.45) is 5.92 Å². The van der Waals surface area contributed by atoms with Crippen molar-refractivity contribution in [1.29, 1.82) is 0 Å². The van der Waals surface area contributed by atoms with Gasteiger partial charge in [0.2, 0.25) is 0 Å². The molecule has 2 rings (SSSR count). The SMILES string of the molecule is CC1CCCN(CCCOc2cccc(C(=O)O)c2)C1. The number of carboxylic acid groups (broad SMARTS) is 1. The van der Waals surface area contributed by atoms with E-state index in [1.807, 2.05) is 0 Å². The lowest BCUT2D eigenvalue weighted by Crippen LogP contribution is -2.35. The molecule has 0 spiro atoms. The highest BCUT2D eigenvalue weighted by Crippen LogP contribution is 2.16. The highest BCUT2D eigenvalue weighted by molar-refractivity contribution is 5.87. The van der Waals surface area contributed by atoms with Crippen molar-refractivity contribution in [2.75, 3.05) is 26.2 Å². The molecular weight excluding hydrogens is 254 g/mol. The molecule has 1 heterocycles. The predicted molar refractivity (Wildman–Crippen MR) is 78.4 cm³/mol. The average molecular weight is 277 g/mol. The summed E-state index contributed by atoms with van der Waals surface area (Å²) < 4.78 is 5.62. The summed E-state index contributed by atoms with van der Waals surface area (Å²) in [5.74, 6) is 0.520. The van der Waals surface area contributed by atoms with E-state index in [2.05, 4.69) is 11.8 Å². The topological polar surface area (TPSA) is 49.8 Å². The van der Waals surface area contributed by atoms with Crippen molar-refractivity contribution in [2.45, 2.75) is 26.2 Å². The highest BCUT2D eigenvalue weighted by Gasteiger charge is 2.15. The zero-order valence-corrected chi connectivity index (χ0v) is 12.0. The fraction of sp³-hybridized carbons (Fsp3) is 0.562. The maximum atomic E-state index is 10.9. The van der Waals surface area contributed by atoms with Gasteiger partial charge in [-0.15, -0.1) is 0 Å². The molecule has 20 heavy (non-hydrogen) atoms. The van der Waals surface area contributed by atoms with Crippen LogP contribution in [0.2, 0.25) is 0 Å². The average Bonchev–Trinajstić information content (AvgIpc) is 2.44. The molecule has 1 aliphatic heterocycles. The molecule has 0 amide bonds. The number of aromatic carboxylic acids is 1. The first-order valence-corrected chi connectivity index (χ1v) is 7.33. The molecule has 4 nitrogen and oxygen atoms in total. The summed E-state index contributed by atoms with van der Waals surface area (Å²) in [6.45, 7) is 6.38. The van der Waals surface area contributed by atoms with Gasteiger partial charge in [-0.2, -0.15) is 0 Å². The lowest BCUT2D eigenvalue weighted by Gasteiger charge is -2.30. The van der Waals surface area contributed by atoms with Crippen molar-refractivity contribution >= 4 is 5.97 Å². The van der Waals surface area contributed by atoms with Crippen LogP contribution in [0, 0.1) is 5.92 Å². The number of hydrogen-bond donors (Lipinski definition) is 1. The molecule has 1 saturated heterocycles. The van der Waals surface area contributed by atoms with E-state index in [4.69, 9.17) is 9.84 Å². The van der Waals surface area contributed by atoms with Gasteiger partial charge in [0.25, 0.3) is 0 Å². The number of piperidine rings is 1. The number of rotatable bonds is 6. The maximum absolute atomic E-state index is 10.9. The van der Waals surface area contributed by atoms with E-state index in [9.17, 15) is 4.79 Å². The van der Waals surface area contributed by atoms with Crippen molar-refractivity contribution < 1.29 is 14.6 Å². The van der Waals surface area contributed by atoms with Crippen LogP contribution in [0.25, 0.3) is 0 Å². The second-order valence-corrected chi connectivity index (χ2v) is 5.58. The van der Waals surface area contributed by atoms with E-state index in [0.29, 0.717) is 12.4 Å². The van der Waals surface area contributed by atoms with Gasteiger partial charge in [-0.3, -0.25) is 0 Å². The lowest BCUT2D eigenvalue weighted by molar-refractivity contribution is 0.0696. The Hall–Kier alpha value is -1.55. The third-order valence-electron chi connectivity index (χ3n) is 3.71. The molecule has 1 N–H and O–H groups in total. The van der Waals surface area contributed by atoms with Gasteiger partial charge in [-0.25, -0.2) is 4.79 Å². The molecule has 0 radical (unpaired) electrons. The molecule has 1 atom stereocenters. The Balaban J connectivity index is 1.70. The summed E-state index contributed by atoms with van der Waals surface area (Å²) in [6.07, 6.45) is 3.61. The summed E-state index contributed by atoms with van der Waals surface area (Å²) in [7, 11) is 0. The fourth-order valence-electron chi connectivity index (χ4n) is 2.69. The minimum absolute atomic E-state index is 0.271. The Bertz CT molecular complexity index is 447. The molecule has 1 fully saturated rings. The van der Waals surface area contributed by atoms with Gasteiger partial charge in [-0.05, 0) is 49.9 Å². The Labute approximate surface area is 120 Å². The Morgan fingerprint density at radius 1 is 1.50 bits per heavy atom. The largest absolute Gasteiger partial charge is 0.494 e. The normalized spacial score (nSPS) is 19.8. The molecule has 4 heteroatoms. The Morgan fingerprint density at radius 3 is 3.10 bits per heavy atom. The van der Waals surface area contributed by atoms with E-state index < -0.39 is 5.97 Å². The Morgan fingerprint density at radius 2 is 2.35 bits per heavy atom. The first-order chi connectivity index (χ1) is 9.65. The number of carboxylic acids is 1. The molecule has 0 aliphatic carbocycles. The molecule has 1 aromatic rings. The molecule has 0 bridgehead atoms. The number of hydrogen-bond acceptors (Lipinski definition) is 3. The predicted octanol–water partition coefficient (Wildman–Crippen LogP) is 2.89. The van der Waals surface area contributed by atoms with Crippen molar-refractivity contribution in [3.63, 3.8) is 0 Å². The summed E-state index contributed by atoms with van der Waals surface area (Å²) in [5, 5.41) is 8.91. The number of ether oxygens (including phenoxy) is 1. The second kappa shape index (κ2) is 7.29. The van der Waals surface area contributed by atoms with E-state index in [-0.39, 0.29) is 5.56 Å². The van der Waals surface area contributed by atoms with Crippen LogP contribution >= 0.6 is 0 Å². The van der Waals surface area contributed by atoms with Crippen LogP contribution in [0.1, 0.15) is 36.5 Å². The van der Waals surface area contributed by atoms with Crippen LogP contribution in [0.3, 0.4) is 0 Å². The molecular formula is C16H23NO3. The third-order valence-corrected chi connectivity index (χ3v) is 3.71. The minimum Gasteiger partial charge on any atom is -0.494 e. The summed E-state index contributed by atoms with van der Waals surface area (Å²) in [4.78, 5) is 13.3. The van der Waals surface area contributed by atoms with Gasteiger partial charge >= 0.3 is 5.97 Å². The molecule has 1 unspecified atom stereocenters. The fourth-order valence-corrected chi connectivity index (χ4v) is 2.69. The van der Waals surface area contributed by atoms with Gasteiger partial charge in [-0.1, -0.05) is 13.0 Å². The smallest absolute Gasteiger partial charge is 0.335 e. The Kier molecular flexibility index (Phi) is 5.41. The van der Waals surface area contributed by atoms with Crippen molar-refractivity contribution in [3.8, 4) is 5.75 Å². The molecule has 1 aromatic carbocycles. The van der Waals surface area contributed by atoms with E-state index in [1.54, 1.807) is 24.3 Å². The standard InChI is InChI=1S/C16H23NO3/c1-13-5-3-8-17(12-13)9-4-10-20-15-7-2-6-14(11-15)16(18)19/h2,6-7,11,13H,3-5,8-10,12H2,1H3,(H,18,19). The number of carbonyl (C=O) groups is 1. The van der Waals surface area contributed by atoms with Crippen LogP contribution in [0.15, 0.2) is 24.3 Å². The van der Waals surface area contributed by atoms with Crippen LogP contribution in [-0.4, -0.2) is 42.2 Å². The highest BCUT2D eigenvalue weighted by atomic mass is 16.5. The number of nitrogens with zero attached hydrogens (tertiary/aromatic N) is 1. The number of benzene rings is 1. The van der Waals surface area contributed by atoms with Crippen LogP contribution in [0.5, 0.6) is 5.75 Å². The quantitative estimate of drug-likeness (QED) is 0.812. The van der Waals surface area contributed by atoms with Crippen molar-refractivity contribution in [1.82, 2.24) is 4.90 Å². The van der Waals surface area contributed by atoms with Gasteiger partial charge in [0.1, 0.15) is 5.75 Å². The summed E-state index contributed by atoms with van der Waals surface area (Å²) >= 11 is 0. The summed E-state index contributed by atoms with van der Waals surface area (Å²) in [5.41, 5.74) is 0.271. The van der Waals surface area contributed by atoms with Crippen LogP contribution < -0.4 is 4.74 Å². The maximum Gasteiger partial charge on any atom is 0.335 e. The zero-order valence-electron chi connectivity index (χ0n) is 12.0. The molecule has 0 aromatic heterocycles. The van der Waals surface area contributed by atoms with Gasteiger partial charge in [0.05, 0.1) is 12.2 Å². The van der Waals surface area contributed by atoms with E-state index in [1.165, 1.54) is 25.9 Å². The van der Waals surface area contributed by atoms with E-state index in [0.717, 1.165) is 18.9 Å².